The maximum Gasteiger partial charge on any atom is 0.191 e. The molecule has 0 bridgehead atoms. The van der Waals surface area contributed by atoms with E-state index in [0.29, 0.717) is 19.1 Å². The van der Waals surface area contributed by atoms with Crippen LogP contribution in [-0.4, -0.2) is 75.3 Å². The van der Waals surface area contributed by atoms with Crippen LogP contribution in [0.2, 0.25) is 0 Å². The standard InChI is InChI=1S/C23H41N5O.HI/c1-5-24-23(25-11-17-29-16-10-20(2)3)26-18-21-6-8-22(9-7-21)19-28-14-12-27(4)13-15-28;/h6-9,20H,5,10-19H2,1-4H3,(H2,24,25,26);1H. The molecule has 0 radical (unpaired) electrons. The number of piperazine rings is 1. The van der Waals surface area contributed by atoms with Gasteiger partial charge >= 0.3 is 0 Å². The first-order chi connectivity index (χ1) is 14.1. The maximum atomic E-state index is 5.67. The van der Waals surface area contributed by atoms with Crippen molar-refractivity contribution >= 4 is 29.9 Å². The second kappa shape index (κ2) is 15.8. The number of likely N-dealkylation sites (N-methyl/N-ethyl adjacent to an activating group) is 1. The van der Waals surface area contributed by atoms with E-state index >= 15 is 0 Å². The topological polar surface area (TPSA) is 52.1 Å². The molecular formula is C23H42IN5O. The van der Waals surface area contributed by atoms with Gasteiger partial charge in [0.15, 0.2) is 5.96 Å². The van der Waals surface area contributed by atoms with Crippen LogP contribution in [0.25, 0.3) is 0 Å². The first kappa shape index (κ1) is 27.1. The molecule has 30 heavy (non-hydrogen) atoms. The van der Waals surface area contributed by atoms with Crippen LogP contribution < -0.4 is 10.6 Å². The number of hydrogen-bond donors (Lipinski definition) is 2. The lowest BCUT2D eigenvalue weighted by molar-refractivity contribution is 0.128. The average molecular weight is 532 g/mol. The third-order valence-electron chi connectivity index (χ3n) is 5.17. The van der Waals surface area contributed by atoms with Crippen molar-refractivity contribution in [1.82, 2.24) is 20.4 Å². The molecule has 172 valence electrons. The first-order valence-corrected chi connectivity index (χ1v) is 11.2. The van der Waals surface area contributed by atoms with Gasteiger partial charge in [0.05, 0.1) is 13.2 Å². The predicted molar refractivity (Wildman–Crippen MR) is 138 cm³/mol. The van der Waals surface area contributed by atoms with Gasteiger partial charge in [-0.3, -0.25) is 4.90 Å². The molecule has 2 rings (SSSR count). The minimum atomic E-state index is 0. The van der Waals surface area contributed by atoms with Crippen LogP contribution in [0, 0.1) is 5.92 Å². The normalized spacial score (nSPS) is 15.8. The Kier molecular flexibility index (Phi) is 14.3. The summed E-state index contributed by atoms with van der Waals surface area (Å²) in [5.74, 6) is 1.54. The SMILES string of the molecule is CCNC(=NCc1ccc(CN2CCN(C)CC2)cc1)NCCOCCC(C)C.I. The second-order valence-electron chi connectivity index (χ2n) is 8.31. The van der Waals surface area contributed by atoms with E-state index in [4.69, 9.17) is 9.73 Å². The average Bonchev–Trinajstić information content (AvgIpc) is 2.71. The molecule has 1 heterocycles. The van der Waals surface area contributed by atoms with E-state index in [1.807, 2.05) is 0 Å². The number of ether oxygens (including phenoxy) is 1. The molecule has 1 aliphatic heterocycles. The molecular weight excluding hydrogens is 489 g/mol. The number of aliphatic imine (C=N–C) groups is 1. The van der Waals surface area contributed by atoms with Gasteiger partial charge in [-0.25, -0.2) is 4.99 Å². The van der Waals surface area contributed by atoms with Gasteiger partial charge in [-0.15, -0.1) is 24.0 Å². The Hall–Kier alpha value is -0.900. The molecule has 0 spiro atoms. The second-order valence-corrected chi connectivity index (χ2v) is 8.31. The molecule has 1 aliphatic rings. The summed E-state index contributed by atoms with van der Waals surface area (Å²) in [7, 11) is 2.20. The van der Waals surface area contributed by atoms with Crippen molar-refractivity contribution < 1.29 is 4.74 Å². The van der Waals surface area contributed by atoms with Gasteiger partial charge < -0.3 is 20.3 Å². The van der Waals surface area contributed by atoms with Crippen molar-refractivity contribution in [3.05, 3.63) is 35.4 Å². The van der Waals surface area contributed by atoms with Crippen molar-refractivity contribution in [1.29, 1.82) is 0 Å². The molecule has 2 N–H and O–H groups in total. The molecule has 0 aliphatic carbocycles. The summed E-state index contributed by atoms with van der Waals surface area (Å²) in [5.41, 5.74) is 2.61. The highest BCUT2D eigenvalue weighted by Crippen LogP contribution is 2.10. The van der Waals surface area contributed by atoms with Crippen molar-refractivity contribution in [2.75, 3.05) is 59.5 Å². The molecule has 1 aromatic carbocycles. The number of rotatable bonds is 11. The smallest absolute Gasteiger partial charge is 0.191 e. The van der Waals surface area contributed by atoms with Crippen molar-refractivity contribution in [3.8, 4) is 0 Å². The Labute approximate surface area is 200 Å². The van der Waals surface area contributed by atoms with Gasteiger partial charge in [-0.05, 0) is 37.4 Å². The van der Waals surface area contributed by atoms with Crippen molar-refractivity contribution in [3.63, 3.8) is 0 Å². The van der Waals surface area contributed by atoms with Gasteiger partial charge in [0.2, 0.25) is 0 Å². The molecule has 0 unspecified atom stereocenters. The summed E-state index contributed by atoms with van der Waals surface area (Å²) in [6.07, 6.45) is 1.11. The lowest BCUT2D eigenvalue weighted by Crippen LogP contribution is -2.43. The number of benzene rings is 1. The molecule has 0 aromatic heterocycles. The Bertz CT molecular complexity index is 586. The van der Waals surface area contributed by atoms with E-state index in [-0.39, 0.29) is 24.0 Å². The lowest BCUT2D eigenvalue weighted by atomic mass is 10.1. The monoisotopic (exact) mass is 531 g/mol. The number of guanidine groups is 1. The van der Waals surface area contributed by atoms with Crippen LogP contribution in [0.3, 0.4) is 0 Å². The zero-order valence-corrected chi connectivity index (χ0v) is 21.7. The largest absolute Gasteiger partial charge is 0.380 e. The van der Waals surface area contributed by atoms with Gasteiger partial charge in [0.1, 0.15) is 0 Å². The summed E-state index contributed by atoms with van der Waals surface area (Å²) in [6.45, 7) is 16.0. The molecule has 1 fully saturated rings. The zero-order valence-electron chi connectivity index (χ0n) is 19.3. The van der Waals surface area contributed by atoms with E-state index in [1.54, 1.807) is 0 Å². The van der Waals surface area contributed by atoms with Crippen LogP contribution in [0.1, 0.15) is 38.3 Å². The number of halogens is 1. The van der Waals surface area contributed by atoms with Crippen LogP contribution in [0.5, 0.6) is 0 Å². The Balaban J connectivity index is 0.00000450. The molecule has 6 nitrogen and oxygen atoms in total. The fraction of sp³-hybridized carbons (Fsp3) is 0.696. The minimum Gasteiger partial charge on any atom is -0.380 e. The van der Waals surface area contributed by atoms with Gasteiger partial charge in [-0.1, -0.05) is 38.1 Å². The fourth-order valence-corrected chi connectivity index (χ4v) is 3.19. The molecule has 1 aromatic rings. The van der Waals surface area contributed by atoms with E-state index in [2.05, 4.69) is 72.5 Å². The van der Waals surface area contributed by atoms with Gasteiger partial charge in [0, 0.05) is 52.4 Å². The van der Waals surface area contributed by atoms with E-state index in [0.717, 1.165) is 64.8 Å². The summed E-state index contributed by atoms with van der Waals surface area (Å²) in [5, 5.41) is 6.66. The van der Waals surface area contributed by atoms with Crippen LogP contribution >= 0.6 is 24.0 Å². The summed E-state index contributed by atoms with van der Waals surface area (Å²) >= 11 is 0. The van der Waals surface area contributed by atoms with E-state index in [9.17, 15) is 0 Å². The fourth-order valence-electron chi connectivity index (χ4n) is 3.19. The lowest BCUT2D eigenvalue weighted by Gasteiger charge is -2.32. The highest BCUT2D eigenvalue weighted by molar-refractivity contribution is 14.0. The van der Waals surface area contributed by atoms with E-state index in [1.165, 1.54) is 11.1 Å². The molecule has 1 saturated heterocycles. The highest BCUT2D eigenvalue weighted by atomic mass is 127. The third kappa shape index (κ3) is 11.5. The van der Waals surface area contributed by atoms with Crippen LogP contribution in [0.4, 0.5) is 0 Å². The van der Waals surface area contributed by atoms with Crippen molar-refractivity contribution in [2.45, 2.75) is 40.3 Å². The van der Waals surface area contributed by atoms with Crippen molar-refractivity contribution in [2.24, 2.45) is 10.9 Å². The molecule has 0 atom stereocenters. The number of hydrogen-bond acceptors (Lipinski definition) is 4. The highest BCUT2D eigenvalue weighted by Gasteiger charge is 2.13. The Morgan fingerprint density at radius 2 is 1.70 bits per heavy atom. The van der Waals surface area contributed by atoms with Crippen LogP contribution in [-0.2, 0) is 17.8 Å². The summed E-state index contributed by atoms with van der Waals surface area (Å²) < 4.78 is 5.67. The molecule has 0 amide bonds. The predicted octanol–water partition coefficient (Wildman–Crippen LogP) is 3.17. The third-order valence-corrected chi connectivity index (χ3v) is 5.17. The summed E-state index contributed by atoms with van der Waals surface area (Å²) in [6, 6.07) is 8.89. The minimum absolute atomic E-state index is 0. The first-order valence-electron chi connectivity index (χ1n) is 11.2. The van der Waals surface area contributed by atoms with Gasteiger partial charge in [0.25, 0.3) is 0 Å². The van der Waals surface area contributed by atoms with E-state index < -0.39 is 0 Å². The molecule has 7 heteroatoms. The van der Waals surface area contributed by atoms with Gasteiger partial charge in [-0.2, -0.15) is 0 Å². The Morgan fingerprint density at radius 1 is 1.03 bits per heavy atom. The van der Waals surface area contributed by atoms with Crippen LogP contribution in [0.15, 0.2) is 29.3 Å². The number of nitrogens with zero attached hydrogens (tertiary/aromatic N) is 3. The molecule has 0 saturated carbocycles. The number of nitrogens with one attached hydrogen (secondary N) is 2. The zero-order chi connectivity index (χ0) is 20.9. The quantitative estimate of drug-likeness (QED) is 0.199. The Morgan fingerprint density at radius 3 is 2.33 bits per heavy atom. The summed E-state index contributed by atoms with van der Waals surface area (Å²) in [4.78, 5) is 9.63. The maximum absolute atomic E-state index is 5.67.